The first kappa shape index (κ1) is 10.2. The summed E-state index contributed by atoms with van der Waals surface area (Å²) < 4.78 is 0. The zero-order chi connectivity index (χ0) is 10.8. The number of likely N-dealkylation sites (tertiary alicyclic amines) is 1. The molecule has 5 heteroatoms. The molecule has 2 atom stereocenters. The number of hydrogen-bond acceptors (Lipinski definition) is 3. The lowest BCUT2D eigenvalue weighted by Gasteiger charge is -2.34. The summed E-state index contributed by atoms with van der Waals surface area (Å²) in [5.74, 6) is 0.108. The van der Waals surface area contributed by atoms with E-state index in [4.69, 9.17) is 0 Å². The summed E-state index contributed by atoms with van der Waals surface area (Å²) in [5, 5.41) is 16.0. The summed E-state index contributed by atoms with van der Waals surface area (Å²) in [7, 11) is 0. The lowest BCUT2D eigenvalue weighted by Crippen LogP contribution is -2.45. The Bertz CT molecular complexity index is 336. The highest BCUT2D eigenvalue weighted by Gasteiger charge is 2.28. The fourth-order valence-corrected chi connectivity index (χ4v) is 1.86. The van der Waals surface area contributed by atoms with Gasteiger partial charge in [-0.15, -0.1) is 0 Å². The molecular weight excluding hydrogens is 194 g/mol. The van der Waals surface area contributed by atoms with Crippen molar-refractivity contribution in [3.63, 3.8) is 0 Å². The van der Waals surface area contributed by atoms with Gasteiger partial charge in [-0.2, -0.15) is 5.10 Å². The number of H-pyrrole nitrogens is 1. The minimum Gasteiger partial charge on any atom is -0.393 e. The Labute approximate surface area is 88.1 Å². The average molecular weight is 209 g/mol. The first-order valence-electron chi connectivity index (χ1n) is 5.15. The second kappa shape index (κ2) is 4.02. The SMILES string of the molecule is CC1CN(C(=O)c2ccn[nH]2)CCC1O. The Morgan fingerprint density at radius 2 is 2.53 bits per heavy atom. The Kier molecular flexibility index (Phi) is 2.73. The van der Waals surface area contributed by atoms with Gasteiger partial charge < -0.3 is 10.0 Å². The first-order valence-corrected chi connectivity index (χ1v) is 5.15. The van der Waals surface area contributed by atoms with Crippen molar-refractivity contribution in [2.45, 2.75) is 19.4 Å². The Morgan fingerprint density at radius 3 is 3.13 bits per heavy atom. The largest absolute Gasteiger partial charge is 0.393 e. The van der Waals surface area contributed by atoms with Gasteiger partial charge in [0.25, 0.3) is 5.91 Å². The molecule has 0 aromatic carbocycles. The number of hydrogen-bond donors (Lipinski definition) is 2. The van der Waals surface area contributed by atoms with Gasteiger partial charge >= 0.3 is 0 Å². The smallest absolute Gasteiger partial charge is 0.271 e. The molecule has 1 aromatic heterocycles. The van der Waals surface area contributed by atoms with Gasteiger partial charge in [-0.3, -0.25) is 9.89 Å². The van der Waals surface area contributed by atoms with Crippen molar-refractivity contribution in [1.82, 2.24) is 15.1 Å². The van der Waals surface area contributed by atoms with Crippen molar-refractivity contribution < 1.29 is 9.90 Å². The molecule has 0 saturated carbocycles. The van der Waals surface area contributed by atoms with Crippen LogP contribution in [0.2, 0.25) is 0 Å². The van der Waals surface area contributed by atoms with E-state index in [0.29, 0.717) is 25.2 Å². The zero-order valence-electron chi connectivity index (χ0n) is 8.68. The summed E-state index contributed by atoms with van der Waals surface area (Å²) in [4.78, 5) is 13.6. The molecule has 1 fully saturated rings. The number of nitrogens with one attached hydrogen (secondary N) is 1. The molecule has 2 N–H and O–H groups in total. The number of aromatic amines is 1. The fourth-order valence-electron chi connectivity index (χ4n) is 1.86. The van der Waals surface area contributed by atoms with Gasteiger partial charge in [0.2, 0.25) is 0 Å². The summed E-state index contributed by atoms with van der Waals surface area (Å²) in [6.45, 7) is 3.18. The predicted molar refractivity (Wildman–Crippen MR) is 54.3 cm³/mol. The first-order chi connectivity index (χ1) is 7.18. The predicted octanol–water partition coefficient (Wildman–Crippen LogP) is 0.253. The van der Waals surface area contributed by atoms with E-state index >= 15 is 0 Å². The lowest BCUT2D eigenvalue weighted by molar-refractivity contribution is 0.0294. The van der Waals surface area contributed by atoms with E-state index < -0.39 is 0 Å². The Hall–Kier alpha value is -1.36. The fraction of sp³-hybridized carbons (Fsp3) is 0.600. The third kappa shape index (κ3) is 2.02. The van der Waals surface area contributed by atoms with Gasteiger partial charge in [-0.25, -0.2) is 0 Å². The molecule has 2 rings (SSSR count). The molecule has 1 aliphatic rings. The minimum atomic E-state index is -0.282. The van der Waals surface area contributed by atoms with Crippen LogP contribution in [0.3, 0.4) is 0 Å². The summed E-state index contributed by atoms with van der Waals surface area (Å²) in [5.41, 5.74) is 0.513. The molecule has 1 amide bonds. The van der Waals surface area contributed by atoms with Crippen LogP contribution in [0.5, 0.6) is 0 Å². The van der Waals surface area contributed by atoms with Crippen LogP contribution in [0, 0.1) is 5.92 Å². The molecule has 0 aliphatic carbocycles. The van der Waals surface area contributed by atoms with Crippen molar-refractivity contribution in [2.24, 2.45) is 5.92 Å². The molecule has 1 saturated heterocycles. The second-order valence-corrected chi connectivity index (χ2v) is 4.05. The van der Waals surface area contributed by atoms with Crippen LogP contribution in [0.15, 0.2) is 12.3 Å². The van der Waals surface area contributed by atoms with Crippen molar-refractivity contribution >= 4 is 5.91 Å². The number of carbonyl (C=O) groups excluding carboxylic acids is 1. The standard InChI is InChI=1S/C10H15N3O2/c1-7-6-13(5-3-9(7)14)10(15)8-2-4-11-12-8/h2,4,7,9,14H,3,5-6H2,1H3,(H,11,12). The average Bonchev–Trinajstić information content (AvgIpc) is 2.74. The number of aromatic nitrogens is 2. The maximum atomic E-state index is 11.9. The topological polar surface area (TPSA) is 69.2 Å². The van der Waals surface area contributed by atoms with E-state index in [1.807, 2.05) is 6.92 Å². The summed E-state index contributed by atoms with van der Waals surface area (Å²) in [6, 6.07) is 1.66. The highest BCUT2D eigenvalue weighted by Crippen LogP contribution is 2.17. The molecular formula is C10H15N3O2. The quantitative estimate of drug-likeness (QED) is 0.696. The van der Waals surface area contributed by atoms with Gasteiger partial charge in [0.1, 0.15) is 5.69 Å². The van der Waals surface area contributed by atoms with Crippen molar-refractivity contribution in [3.05, 3.63) is 18.0 Å². The third-order valence-corrected chi connectivity index (χ3v) is 2.88. The lowest BCUT2D eigenvalue weighted by atomic mass is 9.96. The minimum absolute atomic E-state index is 0.0359. The molecule has 1 aromatic rings. The van der Waals surface area contributed by atoms with E-state index in [1.54, 1.807) is 17.2 Å². The van der Waals surface area contributed by atoms with Crippen LogP contribution in [0.4, 0.5) is 0 Å². The van der Waals surface area contributed by atoms with Crippen LogP contribution >= 0.6 is 0 Å². The highest BCUT2D eigenvalue weighted by molar-refractivity contribution is 5.92. The molecule has 0 spiro atoms. The van der Waals surface area contributed by atoms with Crippen LogP contribution in [0.1, 0.15) is 23.8 Å². The Balaban J connectivity index is 2.03. The molecule has 2 unspecified atom stereocenters. The van der Waals surface area contributed by atoms with E-state index in [0.717, 1.165) is 0 Å². The van der Waals surface area contributed by atoms with E-state index in [-0.39, 0.29) is 17.9 Å². The van der Waals surface area contributed by atoms with Gasteiger partial charge in [0.05, 0.1) is 6.10 Å². The second-order valence-electron chi connectivity index (χ2n) is 4.05. The Morgan fingerprint density at radius 1 is 1.73 bits per heavy atom. The third-order valence-electron chi connectivity index (χ3n) is 2.88. The number of aliphatic hydroxyl groups excluding tert-OH is 1. The van der Waals surface area contributed by atoms with Crippen LogP contribution in [0.25, 0.3) is 0 Å². The number of rotatable bonds is 1. The summed E-state index contributed by atoms with van der Waals surface area (Å²) >= 11 is 0. The maximum absolute atomic E-state index is 11.9. The van der Waals surface area contributed by atoms with Gasteiger partial charge in [0.15, 0.2) is 0 Å². The molecule has 15 heavy (non-hydrogen) atoms. The van der Waals surface area contributed by atoms with Crippen molar-refractivity contribution in [1.29, 1.82) is 0 Å². The van der Waals surface area contributed by atoms with Gasteiger partial charge in [-0.1, -0.05) is 6.92 Å². The van der Waals surface area contributed by atoms with Crippen LogP contribution in [-0.4, -0.2) is 45.3 Å². The van der Waals surface area contributed by atoms with Crippen molar-refractivity contribution in [3.8, 4) is 0 Å². The number of aliphatic hydroxyl groups is 1. The molecule has 2 heterocycles. The molecule has 1 aliphatic heterocycles. The molecule has 0 bridgehead atoms. The monoisotopic (exact) mass is 209 g/mol. The normalized spacial score (nSPS) is 26.7. The van der Waals surface area contributed by atoms with Crippen LogP contribution < -0.4 is 0 Å². The number of nitrogens with zero attached hydrogens (tertiary/aromatic N) is 2. The summed E-state index contributed by atoms with van der Waals surface area (Å²) in [6.07, 6.45) is 1.94. The molecule has 0 radical (unpaired) electrons. The van der Waals surface area contributed by atoms with E-state index in [9.17, 15) is 9.90 Å². The van der Waals surface area contributed by atoms with E-state index in [2.05, 4.69) is 10.2 Å². The number of carbonyl (C=O) groups is 1. The van der Waals surface area contributed by atoms with Gasteiger partial charge in [0, 0.05) is 19.3 Å². The molecule has 82 valence electrons. The maximum Gasteiger partial charge on any atom is 0.271 e. The van der Waals surface area contributed by atoms with Crippen molar-refractivity contribution in [2.75, 3.05) is 13.1 Å². The zero-order valence-corrected chi connectivity index (χ0v) is 8.68. The van der Waals surface area contributed by atoms with E-state index in [1.165, 1.54) is 0 Å². The number of piperidine rings is 1. The molecule has 5 nitrogen and oxygen atoms in total. The number of amides is 1. The van der Waals surface area contributed by atoms with Crippen LogP contribution in [-0.2, 0) is 0 Å². The van der Waals surface area contributed by atoms with Gasteiger partial charge in [-0.05, 0) is 18.4 Å². The highest BCUT2D eigenvalue weighted by atomic mass is 16.3.